The van der Waals surface area contributed by atoms with Crippen LogP contribution in [0.2, 0.25) is 0 Å². The molecule has 0 aromatic heterocycles. The summed E-state index contributed by atoms with van der Waals surface area (Å²) >= 11 is 0. The second-order valence-electron chi connectivity index (χ2n) is 20.1. The van der Waals surface area contributed by atoms with Gasteiger partial charge < -0.3 is 61.8 Å². The molecule has 2 aromatic carbocycles. The van der Waals surface area contributed by atoms with Gasteiger partial charge in [0.05, 0.1) is 17.8 Å². The Balaban J connectivity index is -0.000000873. The molecule has 17 nitrogen and oxygen atoms in total. The first kappa shape index (κ1) is 71.4. The Hall–Kier alpha value is -4.84. The van der Waals surface area contributed by atoms with Crippen LogP contribution in [0.5, 0.6) is 0 Å². The number of nitrogens with zero attached hydrogens (tertiary/aromatic N) is 3. The number of aliphatic imine (C=N–C) groups is 1. The number of carboxylic acids is 1. The van der Waals surface area contributed by atoms with Gasteiger partial charge in [0.25, 0.3) is 6.02 Å². The van der Waals surface area contributed by atoms with E-state index < -0.39 is 23.6 Å². The predicted molar refractivity (Wildman–Crippen MR) is 281 cm³/mol. The number of aliphatic hydroxyl groups is 1. The second-order valence-corrected chi connectivity index (χ2v) is 20.1. The van der Waals surface area contributed by atoms with Crippen LogP contribution in [0.3, 0.4) is 0 Å². The van der Waals surface area contributed by atoms with Crippen molar-refractivity contribution in [3.05, 3.63) is 79.2 Å². The van der Waals surface area contributed by atoms with Crippen LogP contribution in [0.4, 0.5) is 9.59 Å². The first-order chi connectivity index (χ1) is 32.7. The second kappa shape index (κ2) is 37.0. The summed E-state index contributed by atoms with van der Waals surface area (Å²) in [4.78, 5) is 65.3. The molecule has 18 heteroatoms. The van der Waals surface area contributed by atoms with E-state index in [0.717, 1.165) is 37.7 Å². The molecule has 3 heterocycles. The number of hydrogen-bond donors (Lipinski definition) is 4. The van der Waals surface area contributed by atoms with Crippen molar-refractivity contribution < 1.29 is 76.4 Å². The van der Waals surface area contributed by atoms with E-state index in [4.69, 9.17) is 33.9 Å². The zero-order valence-electron chi connectivity index (χ0n) is 46.7. The maximum atomic E-state index is 12.0. The van der Waals surface area contributed by atoms with Crippen LogP contribution in [0.25, 0.3) is 0 Å². The standard InChI is InChI=1S/C17H23NO4.C13H15NO4.C11H24N2O.C9H17NO2.C2H6.CH4O.CH3.V/c1-17(2,3)22-15(19)14-9-10-18(11-14)16(20)21-12-13-7-5-4-6-8-13;15-12(16)11-6-7-14(8-11)13(17)18-9-10-4-2-1-3-5-10;1-8(2)12-10(13-9(3)4)14-11(5,6)7;1-9(2,3)12-8(11)7-4-5-10-6-7;2*1-2;;/h4-8,14H,9-12H2,1-3H3;1-5,11H,6-9H2,(H,15,16);8-9H,1-7H3,(H,12,13);7,10H,4-6H2,1-3H3;1-2H3;2H,1H3;1H3;/q;;;;;;-1;/t14-;11-;;7-;;;;/m11.1..../s1. The molecule has 3 aliphatic heterocycles. The number of carboxylic acid groups (broad SMARTS) is 1. The molecule has 0 spiro atoms. The zero-order chi connectivity index (χ0) is 53.7. The van der Waals surface area contributed by atoms with Crippen molar-refractivity contribution in [3.8, 4) is 0 Å². The summed E-state index contributed by atoms with van der Waals surface area (Å²) in [5.74, 6) is -1.81. The van der Waals surface area contributed by atoms with Crippen molar-refractivity contribution in [1.82, 2.24) is 20.4 Å². The van der Waals surface area contributed by atoms with Gasteiger partial charge in [-0.1, -0.05) is 74.5 Å². The van der Waals surface area contributed by atoms with Crippen molar-refractivity contribution in [2.45, 2.75) is 165 Å². The molecule has 0 saturated carbocycles. The van der Waals surface area contributed by atoms with E-state index in [0.29, 0.717) is 44.5 Å². The van der Waals surface area contributed by atoms with Gasteiger partial charge >= 0.3 is 30.1 Å². The Morgan fingerprint density at radius 2 is 1.04 bits per heavy atom. The number of carbonyl (C=O) groups excluding carboxylic acids is 4. The number of nitrogens with one attached hydrogen (secondary N) is 2. The summed E-state index contributed by atoms with van der Waals surface area (Å²) in [6.07, 6.45) is 1.21. The number of amidine groups is 1. The Labute approximate surface area is 444 Å². The van der Waals surface area contributed by atoms with Gasteiger partial charge in [-0.3, -0.25) is 14.4 Å². The molecule has 0 bridgehead atoms. The molecule has 0 aliphatic carbocycles. The van der Waals surface area contributed by atoms with Crippen LogP contribution in [0.1, 0.15) is 134 Å². The van der Waals surface area contributed by atoms with Crippen molar-refractivity contribution in [3.63, 3.8) is 0 Å². The zero-order valence-corrected chi connectivity index (χ0v) is 48.1. The molecule has 0 unspecified atom stereocenters. The minimum atomic E-state index is -0.853. The molecule has 2 aromatic rings. The molecule has 1 radical (unpaired) electrons. The molecule has 2 amide bonds. The molecule has 3 atom stereocenters. The normalized spacial score (nSPS) is 17.0. The van der Waals surface area contributed by atoms with E-state index in [9.17, 15) is 24.0 Å². The van der Waals surface area contributed by atoms with Crippen LogP contribution in [0.15, 0.2) is 65.7 Å². The number of benzene rings is 2. The van der Waals surface area contributed by atoms with Gasteiger partial charge in [0.1, 0.15) is 30.0 Å². The van der Waals surface area contributed by atoms with Crippen LogP contribution >= 0.6 is 0 Å². The summed E-state index contributed by atoms with van der Waals surface area (Å²) in [6.45, 7) is 33.2. The fraction of sp³-hybridized carbons (Fsp3) is 0.648. The van der Waals surface area contributed by atoms with Gasteiger partial charge in [0.2, 0.25) is 0 Å². The summed E-state index contributed by atoms with van der Waals surface area (Å²) < 4.78 is 26.7. The van der Waals surface area contributed by atoms with Crippen molar-refractivity contribution >= 4 is 36.1 Å². The number of amides is 2. The Bertz CT molecular complexity index is 1830. The third kappa shape index (κ3) is 33.7. The van der Waals surface area contributed by atoms with E-state index in [1.807, 2.05) is 151 Å². The summed E-state index contributed by atoms with van der Waals surface area (Å²) in [5.41, 5.74) is 0.812. The Kier molecular flexibility index (Phi) is 36.7. The first-order valence-electron chi connectivity index (χ1n) is 24.5. The fourth-order valence-corrected chi connectivity index (χ4v) is 6.36. The number of likely N-dealkylation sites (tertiary alicyclic amines) is 2. The van der Waals surface area contributed by atoms with Crippen LogP contribution in [-0.4, -0.2) is 131 Å². The van der Waals surface area contributed by atoms with Gasteiger partial charge in [-0.15, -0.1) is 0 Å². The van der Waals surface area contributed by atoms with E-state index >= 15 is 0 Å². The minimum absolute atomic E-state index is 0. The van der Waals surface area contributed by atoms with Gasteiger partial charge in [-0.05, 0) is 127 Å². The van der Waals surface area contributed by atoms with Crippen LogP contribution in [0, 0.1) is 25.2 Å². The van der Waals surface area contributed by atoms with Gasteiger partial charge in [-0.2, -0.15) is 0 Å². The van der Waals surface area contributed by atoms with Crippen molar-refractivity contribution in [2.75, 3.05) is 46.4 Å². The molecule has 3 aliphatic rings. The summed E-state index contributed by atoms with van der Waals surface area (Å²) in [7, 11) is 1.00. The topological polar surface area (TPSA) is 215 Å². The van der Waals surface area contributed by atoms with E-state index in [2.05, 4.69) is 29.5 Å². The summed E-state index contributed by atoms with van der Waals surface area (Å²) in [6, 6.07) is 20.1. The fourth-order valence-electron chi connectivity index (χ4n) is 6.36. The Morgan fingerprint density at radius 1 is 0.653 bits per heavy atom. The molecule has 3 saturated heterocycles. The van der Waals surface area contributed by atoms with E-state index in [1.165, 1.54) is 4.90 Å². The average Bonchev–Trinajstić information content (AvgIpc) is 4.10. The molecular formula is C54H92N5O12V-. The third-order valence-corrected chi connectivity index (χ3v) is 9.38. The number of aliphatic hydroxyl groups excluding tert-OH is 1. The predicted octanol–water partition coefficient (Wildman–Crippen LogP) is 9.30. The van der Waals surface area contributed by atoms with Crippen molar-refractivity contribution in [2.24, 2.45) is 22.7 Å². The van der Waals surface area contributed by atoms with E-state index in [-0.39, 0.29) is 92.9 Å². The van der Waals surface area contributed by atoms with Gasteiger partial charge in [-0.25, -0.2) is 14.6 Å². The molecule has 72 heavy (non-hydrogen) atoms. The molecule has 5 rings (SSSR count). The Morgan fingerprint density at radius 3 is 1.38 bits per heavy atom. The summed E-state index contributed by atoms with van der Waals surface area (Å²) in [5, 5.41) is 22.2. The maximum absolute atomic E-state index is 12.0. The monoisotopic (exact) mass is 1050 g/mol. The van der Waals surface area contributed by atoms with Gasteiger partial charge in [0, 0.05) is 70.5 Å². The number of hydrogen-bond acceptors (Lipinski definition) is 13. The number of ether oxygens (including phenoxy) is 5. The van der Waals surface area contributed by atoms with Gasteiger partial charge in [0.15, 0.2) is 0 Å². The molecule has 3 fully saturated rings. The third-order valence-electron chi connectivity index (χ3n) is 9.38. The quantitative estimate of drug-likeness (QED) is 0.0606. The van der Waals surface area contributed by atoms with Crippen LogP contribution in [-0.2, 0) is 69.8 Å². The molecular weight excluding hydrogens is 962 g/mol. The van der Waals surface area contributed by atoms with Crippen LogP contribution < -0.4 is 10.6 Å². The SMILES string of the molecule is CC.CC(C)(C)OC(=O)[C@@H]1CCN(C(=O)OCc2ccccc2)C1.CC(C)(C)OC(=O)[C@@H]1CCNC1.CC(C)N=C(NC(C)C)OC(C)(C)C.CO.O=C(O)[C@@H]1CCN(C(=O)OCc2ccccc2)C1.[CH3-].[V]. The molecule has 4 N–H and O–H groups in total. The maximum Gasteiger partial charge on any atom is 0.410 e. The minimum Gasteiger partial charge on any atom is -0.481 e. The first-order valence-corrected chi connectivity index (χ1v) is 24.5. The largest absolute Gasteiger partial charge is 0.481 e. The van der Waals surface area contributed by atoms with Crippen molar-refractivity contribution in [1.29, 1.82) is 0 Å². The number of carbonyl (C=O) groups is 5. The average molecular weight is 1050 g/mol. The molecule has 411 valence electrons. The number of rotatable bonds is 9. The number of esters is 2. The van der Waals surface area contributed by atoms with E-state index in [1.54, 1.807) is 4.90 Å². The smallest absolute Gasteiger partial charge is 0.410 e. The number of aliphatic carboxylic acids is 1.